The van der Waals surface area contributed by atoms with E-state index >= 15 is 0 Å². The van der Waals surface area contributed by atoms with E-state index in [2.05, 4.69) is 19.2 Å². The molecule has 17 heavy (non-hydrogen) atoms. The summed E-state index contributed by atoms with van der Waals surface area (Å²) in [6, 6.07) is 5.19. The summed E-state index contributed by atoms with van der Waals surface area (Å²) in [5.41, 5.74) is 0.921. The molecular formula is C13H17ClFNO. The standard InChI is InChI=1S/C13H17ClFNO/c1-8-7-17-13(6-16-9(8)2)10-3-4-12(15)11(14)5-10/h3-5,8-9,13,16H,6-7H2,1-2H3. The lowest BCUT2D eigenvalue weighted by Crippen LogP contribution is -2.32. The van der Waals surface area contributed by atoms with E-state index in [9.17, 15) is 4.39 Å². The van der Waals surface area contributed by atoms with Crippen LogP contribution >= 0.6 is 11.6 Å². The Bertz CT molecular complexity index is 387. The SMILES string of the molecule is CC1COC(c2ccc(F)c(Cl)c2)CNC1C. The van der Waals surface area contributed by atoms with Gasteiger partial charge in [0.15, 0.2) is 0 Å². The van der Waals surface area contributed by atoms with Gasteiger partial charge in [0.25, 0.3) is 0 Å². The Morgan fingerprint density at radius 3 is 2.88 bits per heavy atom. The summed E-state index contributed by atoms with van der Waals surface area (Å²) in [4.78, 5) is 0. The van der Waals surface area contributed by atoms with Crippen molar-refractivity contribution >= 4 is 11.6 Å². The maximum Gasteiger partial charge on any atom is 0.141 e. The molecule has 0 amide bonds. The van der Waals surface area contributed by atoms with Crippen molar-refractivity contribution < 1.29 is 9.13 Å². The lowest BCUT2D eigenvalue weighted by Gasteiger charge is -2.16. The van der Waals surface area contributed by atoms with Crippen molar-refractivity contribution in [3.8, 4) is 0 Å². The average molecular weight is 258 g/mol. The van der Waals surface area contributed by atoms with Crippen LogP contribution in [0.4, 0.5) is 4.39 Å². The number of hydrogen-bond donors (Lipinski definition) is 1. The van der Waals surface area contributed by atoms with E-state index in [0.717, 1.165) is 12.1 Å². The highest BCUT2D eigenvalue weighted by molar-refractivity contribution is 6.30. The van der Waals surface area contributed by atoms with Gasteiger partial charge in [-0.05, 0) is 30.5 Å². The molecule has 2 rings (SSSR count). The summed E-state index contributed by atoms with van der Waals surface area (Å²) in [5, 5.41) is 3.56. The number of benzene rings is 1. The first-order chi connectivity index (χ1) is 8.08. The van der Waals surface area contributed by atoms with Crippen LogP contribution in [0.1, 0.15) is 25.5 Å². The minimum atomic E-state index is -0.390. The monoisotopic (exact) mass is 257 g/mol. The lowest BCUT2D eigenvalue weighted by molar-refractivity contribution is 0.0496. The van der Waals surface area contributed by atoms with E-state index in [1.165, 1.54) is 6.07 Å². The molecule has 0 aromatic heterocycles. The summed E-state index contributed by atoms with van der Waals surface area (Å²) in [6.45, 7) is 5.73. The highest BCUT2D eigenvalue weighted by Gasteiger charge is 2.22. The van der Waals surface area contributed by atoms with Gasteiger partial charge in [-0.25, -0.2) is 4.39 Å². The van der Waals surface area contributed by atoms with Gasteiger partial charge in [0.2, 0.25) is 0 Å². The zero-order valence-electron chi connectivity index (χ0n) is 10.0. The van der Waals surface area contributed by atoms with Crippen LogP contribution in [-0.2, 0) is 4.74 Å². The van der Waals surface area contributed by atoms with Gasteiger partial charge < -0.3 is 10.1 Å². The van der Waals surface area contributed by atoms with Crippen molar-refractivity contribution in [2.75, 3.05) is 13.2 Å². The molecule has 1 heterocycles. The van der Waals surface area contributed by atoms with Crippen molar-refractivity contribution in [1.82, 2.24) is 5.32 Å². The molecule has 1 aromatic carbocycles. The molecule has 1 N–H and O–H groups in total. The Morgan fingerprint density at radius 2 is 2.18 bits per heavy atom. The molecule has 0 saturated carbocycles. The minimum Gasteiger partial charge on any atom is -0.372 e. The maximum absolute atomic E-state index is 13.1. The fraction of sp³-hybridized carbons (Fsp3) is 0.538. The van der Waals surface area contributed by atoms with Gasteiger partial charge in [-0.3, -0.25) is 0 Å². The van der Waals surface area contributed by atoms with Crippen LogP contribution in [0.3, 0.4) is 0 Å². The molecule has 1 aliphatic heterocycles. The Hall–Kier alpha value is -0.640. The highest BCUT2D eigenvalue weighted by atomic mass is 35.5. The van der Waals surface area contributed by atoms with E-state index in [1.54, 1.807) is 12.1 Å². The quantitative estimate of drug-likeness (QED) is 0.835. The van der Waals surface area contributed by atoms with Crippen molar-refractivity contribution in [2.45, 2.75) is 26.0 Å². The van der Waals surface area contributed by atoms with Crippen LogP contribution in [0.2, 0.25) is 5.02 Å². The predicted molar refractivity (Wildman–Crippen MR) is 66.7 cm³/mol. The molecule has 3 unspecified atom stereocenters. The normalized spacial score (nSPS) is 30.0. The van der Waals surface area contributed by atoms with Gasteiger partial charge in [-0.2, -0.15) is 0 Å². The zero-order valence-corrected chi connectivity index (χ0v) is 10.8. The molecule has 0 radical (unpaired) electrons. The topological polar surface area (TPSA) is 21.3 Å². The number of halogens is 2. The number of nitrogens with one attached hydrogen (secondary N) is 1. The van der Waals surface area contributed by atoms with E-state index < -0.39 is 5.82 Å². The second kappa shape index (κ2) is 5.34. The Morgan fingerprint density at radius 1 is 1.41 bits per heavy atom. The van der Waals surface area contributed by atoms with Crippen molar-refractivity contribution in [3.05, 3.63) is 34.6 Å². The Labute approximate surface area is 106 Å². The van der Waals surface area contributed by atoms with Gasteiger partial charge in [0.1, 0.15) is 5.82 Å². The summed E-state index contributed by atoms with van der Waals surface area (Å²) >= 11 is 5.78. The second-order valence-electron chi connectivity index (χ2n) is 4.67. The fourth-order valence-corrected chi connectivity index (χ4v) is 2.08. The molecule has 0 spiro atoms. The first-order valence-electron chi connectivity index (χ1n) is 5.88. The molecule has 0 bridgehead atoms. The number of rotatable bonds is 1. The summed E-state index contributed by atoms with van der Waals surface area (Å²) in [7, 11) is 0. The van der Waals surface area contributed by atoms with E-state index in [4.69, 9.17) is 16.3 Å². The molecule has 94 valence electrons. The van der Waals surface area contributed by atoms with Gasteiger partial charge in [-0.15, -0.1) is 0 Å². The smallest absolute Gasteiger partial charge is 0.141 e. The third kappa shape index (κ3) is 2.97. The minimum absolute atomic E-state index is 0.0551. The van der Waals surface area contributed by atoms with Crippen LogP contribution in [0.5, 0.6) is 0 Å². The highest BCUT2D eigenvalue weighted by Crippen LogP contribution is 2.25. The predicted octanol–water partition coefficient (Wildman–Crippen LogP) is 3.16. The molecule has 3 atom stereocenters. The van der Waals surface area contributed by atoms with Crippen molar-refractivity contribution in [2.24, 2.45) is 5.92 Å². The number of hydrogen-bond acceptors (Lipinski definition) is 2. The number of ether oxygens (including phenoxy) is 1. The van der Waals surface area contributed by atoms with Gasteiger partial charge in [-0.1, -0.05) is 24.6 Å². The van der Waals surface area contributed by atoms with Gasteiger partial charge >= 0.3 is 0 Å². The molecule has 4 heteroatoms. The van der Waals surface area contributed by atoms with Gasteiger partial charge in [0.05, 0.1) is 17.7 Å². The first-order valence-corrected chi connectivity index (χ1v) is 6.25. The lowest BCUT2D eigenvalue weighted by atomic mass is 10.1. The summed E-state index contributed by atoms with van der Waals surface area (Å²) in [5.74, 6) is 0.0784. The Balaban J connectivity index is 2.14. The molecule has 2 nitrogen and oxygen atoms in total. The third-order valence-electron chi connectivity index (χ3n) is 3.35. The van der Waals surface area contributed by atoms with Crippen molar-refractivity contribution in [1.29, 1.82) is 0 Å². The summed E-state index contributed by atoms with van der Waals surface area (Å²) in [6.07, 6.45) is -0.0551. The van der Waals surface area contributed by atoms with Crippen LogP contribution in [-0.4, -0.2) is 19.2 Å². The Kier molecular flexibility index (Phi) is 4.02. The van der Waals surface area contributed by atoms with Crippen LogP contribution in [0.15, 0.2) is 18.2 Å². The van der Waals surface area contributed by atoms with Crippen LogP contribution in [0.25, 0.3) is 0 Å². The van der Waals surface area contributed by atoms with Crippen LogP contribution in [0, 0.1) is 11.7 Å². The van der Waals surface area contributed by atoms with E-state index in [-0.39, 0.29) is 11.1 Å². The molecule has 1 aliphatic rings. The largest absolute Gasteiger partial charge is 0.372 e. The van der Waals surface area contributed by atoms with Crippen LogP contribution < -0.4 is 5.32 Å². The molecule has 1 fully saturated rings. The third-order valence-corrected chi connectivity index (χ3v) is 3.64. The fourth-order valence-electron chi connectivity index (χ4n) is 1.89. The molecule has 0 aliphatic carbocycles. The first kappa shape index (κ1) is 12.8. The van der Waals surface area contributed by atoms with Crippen molar-refractivity contribution in [3.63, 3.8) is 0 Å². The molecule has 1 saturated heterocycles. The van der Waals surface area contributed by atoms with E-state index in [1.807, 2.05) is 0 Å². The molecular weight excluding hydrogens is 241 g/mol. The van der Waals surface area contributed by atoms with E-state index in [0.29, 0.717) is 18.6 Å². The average Bonchev–Trinajstić information content (AvgIpc) is 2.47. The maximum atomic E-state index is 13.1. The summed E-state index contributed by atoms with van der Waals surface area (Å²) < 4.78 is 18.9. The van der Waals surface area contributed by atoms with Gasteiger partial charge in [0, 0.05) is 12.6 Å². The second-order valence-corrected chi connectivity index (χ2v) is 5.08. The molecule has 1 aromatic rings. The zero-order chi connectivity index (χ0) is 12.4.